The van der Waals surface area contributed by atoms with E-state index in [-0.39, 0.29) is 18.0 Å². The molecule has 0 aromatic rings. The van der Waals surface area contributed by atoms with Crippen molar-refractivity contribution in [2.75, 3.05) is 13.1 Å². The first-order valence-corrected chi connectivity index (χ1v) is 5.10. The summed E-state index contributed by atoms with van der Waals surface area (Å²) in [5, 5.41) is 0. The van der Waals surface area contributed by atoms with Crippen LogP contribution >= 0.6 is 0 Å². The molecule has 0 spiro atoms. The van der Waals surface area contributed by atoms with E-state index in [1.165, 1.54) is 0 Å². The Balaban J connectivity index is 2.34. The summed E-state index contributed by atoms with van der Waals surface area (Å²) < 4.78 is 5.15. The summed E-state index contributed by atoms with van der Waals surface area (Å²) in [6.45, 7) is 4.85. The van der Waals surface area contributed by atoms with Crippen LogP contribution in [-0.2, 0) is 9.53 Å². The molecule has 0 aromatic heterocycles. The van der Waals surface area contributed by atoms with E-state index in [4.69, 9.17) is 4.74 Å². The maximum Gasteiger partial charge on any atom is 0.410 e. The second-order valence-corrected chi connectivity index (χ2v) is 3.63. The standard InChI is InChI=1S/C10H17NO3/c1-3-8(2)14-10(13)11-6-4-9(12)5-7-11/h8H,3-7H2,1-2H3. The van der Waals surface area contributed by atoms with Crippen LogP contribution in [0.2, 0.25) is 0 Å². The molecule has 1 fully saturated rings. The lowest BCUT2D eigenvalue weighted by Crippen LogP contribution is -2.40. The highest BCUT2D eigenvalue weighted by Gasteiger charge is 2.22. The Morgan fingerprint density at radius 2 is 2.07 bits per heavy atom. The van der Waals surface area contributed by atoms with Crippen molar-refractivity contribution in [3.05, 3.63) is 0 Å². The zero-order chi connectivity index (χ0) is 10.6. The molecule has 1 atom stereocenters. The van der Waals surface area contributed by atoms with Crippen LogP contribution in [-0.4, -0.2) is 36.0 Å². The van der Waals surface area contributed by atoms with Gasteiger partial charge in [0.05, 0.1) is 0 Å². The first-order chi connectivity index (χ1) is 6.63. The number of likely N-dealkylation sites (tertiary alicyclic amines) is 1. The number of ether oxygens (including phenoxy) is 1. The second kappa shape index (κ2) is 4.98. The quantitative estimate of drug-likeness (QED) is 0.678. The predicted molar refractivity (Wildman–Crippen MR) is 52.0 cm³/mol. The number of hydrogen-bond acceptors (Lipinski definition) is 3. The number of piperidine rings is 1. The molecule has 14 heavy (non-hydrogen) atoms. The Morgan fingerprint density at radius 3 is 2.57 bits per heavy atom. The molecule has 1 amide bonds. The van der Waals surface area contributed by atoms with E-state index < -0.39 is 0 Å². The SMILES string of the molecule is CCC(C)OC(=O)N1CCC(=O)CC1. The van der Waals surface area contributed by atoms with Gasteiger partial charge in [0, 0.05) is 25.9 Å². The molecule has 0 aliphatic carbocycles. The van der Waals surface area contributed by atoms with Crippen molar-refractivity contribution >= 4 is 11.9 Å². The Morgan fingerprint density at radius 1 is 1.50 bits per heavy atom. The first kappa shape index (κ1) is 11.0. The zero-order valence-corrected chi connectivity index (χ0v) is 8.78. The molecular weight excluding hydrogens is 182 g/mol. The largest absolute Gasteiger partial charge is 0.446 e. The van der Waals surface area contributed by atoms with Crippen molar-refractivity contribution in [1.82, 2.24) is 4.90 Å². The molecule has 4 heteroatoms. The van der Waals surface area contributed by atoms with Crippen LogP contribution in [0.4, 0.5) is 4.79 Å². The van der Waals surface area contributed by atoms with E-state index in [9.17, 15) is 9.59 Å². The molecule has 1 saturated heterocycles. The van der Waals surface area contributed by atoms with Crippen LogP contribution in [0.3, 0.4) is 0 Å². The van der Waals surface area contributed by atoms with E-state index in [0.29, 0.717) is 25.9 Å². The van der Waals surface area contributed by atoms with Crippen LogP contribution in [0.5, 0.6) is 0 Å². The maximum atomic E-state index is 11.5. The van der Waals surface area contributed by atoms with Gasteiger partial charge in [-0.3, -0.25) is 4.79 Å². The Labute approximate surface area is 84.2 Å². The van der Waals surface area contributed by atoms with Crippen molar-refractivity contribution < 1.29 is 14.3 Å². The van der Waals surface area contributed by atoms with Crippen LogP contribution in [0.15, 0.2) is 0 Å². The van der Waals surface area contributed by atoms with Gasteiger partial charge >= 0.3 is 6.09 Å². The normalized spacial score (nSPS) is 19.3. The van der Waals surface area contributed by atoms with Crippen LogP contribution in [0.1, 0.15) is 33.1 Å². The summed E-state index contributed by atoms with van der Waals surface area (Å²) in [6.07, 6.45) is 1.43. The minimum absolute atomic E-state index is 0.0415. The van der Waals surface area contributed by atoms with Crippen LogP contribution in [0, 0.1) is 0 Å². The fourth-order valence-corrected chi connectivity index (χ4v) is 1.27. The van der Waals surface area contributed by atoms with Crippen LogP contribution in [0.25, 0.3) is 0 Å². The van der Waals surface area contributed by atoms with Crippen molar-refractivity contribution in [1.29, 1.82) is 0 Å². The Bertz CT molecular complexity index is 217. The Hall–Kier alpha value is -1.06. The first-order valence-electron chi connectivity index (χ1n) is 5.10. The van der Waals surface area contributed by atoms with E-state index >= 15 is 0 Å². The summed E-state index contributed by atoms with van der Waals surface area (Å²) in [5.74, 6) is 0.234. The third-order valence-electron chi connectivity index (χ3n) is 2.46. The number of carbonyl (C=O) groups is 2. The third kappa shape index (κ3) is 3.01. The summed E-state index contributed by atoms with van der Waals surface area (Å²) in [4.78, 5) is 24.0. The molecule has 0 N–H and O–H groups in total. The van der Waals surface area contributed by atoms with Crippen LogP contribution < -0.4 is 0 Å². The number of hydrogen-bond donors (Lipinski definition) is 0. The fourth-order valence-electron chi connectivity index (χ4n) is 1.27. The van der Waals surface area contributed by atoms with Gasteiger partial charge in [-0.1, -0.05) is 6.92 Å². The minimum atomic E-state index is -0.285. The lowest BCUT2D eigenvalue weighted by Gasteiger charge is -2.26. The number of nitrogens with zero attached hydrogens (tertiary/aromatic N) is 1. The summed E-state index contributed by atoms with van der Waals surface area (Å²) in [7, 11) is 0. The van der Waals surface area contributed by atoms with Gasteiger partial charge in [0.25, 0.3) is 0 Å². The summed E-state index contributed by atoms with van der Waals surface area (Å²) in [6, 6.07) is 0. The summed E-state index contributed by atoms with van der Waals surface area (Å²) >= 11 is 0. The van der Waals surface area contributed by atoms with Gasteiger partial charge in [0.15, 0.2) is 0 Å². The van der Waals surface area contributed by atoms with E-state index in [2.05, 4.69) is 0 Å². The van der Waals surface area contributed by atoms with Crippen molar-refractivity contribution in [2.45, 2.75) is 39.2 Å². The van der Waals surface area contributed by atoms with Gasteiger partial charge in [0.2, 0.25) is 0 Å². The fraction of sp³-hybridized carbons (Fsp3) is 0.800. The molecule has 1 aliphatic rings. The topological polar surface area (TPSA) is 46.6 Å². The summed E-state index contributed by atoms with van der Waals surface area (Å²) in [5.41, 5.74) is 0. The molecule has 1 unspecified atom stereocenters. The molecule has 80 valence electrons. The highest BCUT2D eigenvalue weighted by Crippen LogP contribution is 2.09. The average Bonchev–Trinajstić information content (AvgIpc) is 2.18. The van der Waals surface area contributed by atoms with Crippen molar-refractivity contribution in [2.24, 2.45) is 0 Å². The average molecular weight is 199 g/mol. The molecule has 0 saturated carbocycles. The second-order valence-electron chi connectivity index (χ2n) is 3.63. The zero-order valence-electron chi connectivity index (χ0n) is 8.78. The molecular formula is C10H17NO3. The molecule has 1 aliphatic heterocycles. The molecule has 4 nitrogen and oxygen atoms in total. The number of Topliss-reactive ketones (excluding diaryl/α,β-unsaturated/α-hetero) is 1. The highest BCUT2D eigenvalue weighted by atomic mass is 16.6. The molecule has 1 rings (SSSR count). The van der Waals surface area contributed by atoms with Gasteiger partial charge in [-0.2, -0.15) is 0 Å². The van der Waals surface area contributed by atoms with E-state index in [1.54, 1.807) is 4.90 Å². The number of ketones is 1. The van der Waals surface area contributed by atoms with E-state index in [0.717, 1.165) is 6.42 Å². The van der Waals surface area contributed by atoms with Gasteiger partial charge in [-0.25, -0.2) is 4.79 Å². The van der Waals surface area contributed by atoms with Gasteiger partial charge < -0.3 is 9.64 Å². The van der Waals surface area contributed by atoms with Gasteiger partial charge in [0.1, 0.15) is 11.9 Å². The van der Waals surface area contributed by atoms with Crippen molar-refractivity contribution in [3.63, 3.8) is 0 Å². The highest BCUT2D eigenvalue weighted by molar-refractivity contribution is 5.81. The maximum absolute atomic E-state index is 11.5. The van der Waals surface area contributed by atoms with Gasteiger partial charge in [-0.05, 0) is 13.3 Å². The minimum Gasteiger partial charge on any atom is -0.446 e. The van der Waals surface area contributed by atoms with E-state index in [1.807, 2.05) is 13.8 Å². The smallest absolute Gasteiger partial charge is 0.410 e. The number of rotatable bonds is 2. The number of amides is 1. The lowest BCUT2D eigenvalue weighted by atomic mass is 10.1. The third-order valence-corrected chi connectivity index (χ3v) is 2.46. The lowest BCUT2D eigenvalue weighted by molar-refractivity contribution is -0.121. The number of carbonyl (C=O) groups excluding carboxylic acids is 2. The van der Waals surface area contributed by atoms with Gasteiger partial charge in [-0.15, -0.1) is 0 Å². The predicted octanol–water partition coefficient (Wildman–Crippen LogP) is 1.59. The Kier molecular flexibility index (Phi) is 3.92. The molecule has 1 heterocycles. The molecule has 0 aromatic carbocycles. The van der Waals surface area contributed by atoms with Crippen molar-refractivity contribution in [3.8, 4) is 0 Å². The monoisotopic (exact) mass is 199 g/mol. The molecule has 0 bridgehead atoms. The molecule has 0 radical (unpaired) electrons.